The van der Waals surface area contributed by atoms with Gasteiger partial charge in [-0.25, -0.2) is 4.98 Å². The van der Waals surface area contributed by atoms with Gasteiger partial charge in [-0.1, -0.05) is 24.3 Å². The van der Waals surface area contributed by atoms with Crippen molar-refractivity contribution in [2.45, 2.75) is 13.5 Å². The molecule has 4 rings (SSSR count). The van der Waals surface area contributed by atoms with Crippen LogP contribution in [-0.2, 0) is 11.3 Å². The number of ether oxygens (including phenoxy) is 3. The summed E-state index contributed by atoms with van der Waals surface area (Å²) in [7, 11) is 0. The lowest BCUT2D eigenvalue weighted by atomic mass is 10.2. The third-order valence-electron chi connectivity index (χ3n) is 4.71. The van der Waals surface area contributed by atoms with E-state index in [1.54, 1.807) is 24.3 Å². The van der Waals surface area contributed by atoms with E-state index in [0.717, 1.165) is 11.3 Å². The number of carbonyl (C=O) groups excluding carboxylic acids is 1. The van der Waals surface area contributed by atoms with Gasteiger partial charge in [-0.05, 0) is 43.3 Å². The number of hydrogen-bond acceptors (Lipinski definition) is 5. The molecule has 7 heteroatoms. The number of carbonyl (C=O) groups is 1. The maximum absolute atomic E-state index is 12.8. The van der Waals surface area contributed by atoms with Crippen molar-refractivity contribution in [3.8, 4) is 11.5 Å². The second-order valence-electron chi connectivity index (χ2n) is 7.01. The Labute approximate surface area is 186 Å². The number of anilines is 1. The fourth-order valence-electron chi connectivity index (χ4n) is 3.21. The number of hydrogen-bond donors (Lipinski definition) is 1. The summed E-state index contributed by atoms with van der Waals surface area (Å²) >= 11 is 0. The van der Waals surface area contributed by atoms with Gasteiger partial charge in [0.05, 0.1) is 17.9 Å². The normalized spacial score (nSPS) is 10.8. The van der Waals surface area contributed by atoms with Crippen LogP contribution in [0.5, 0.6) is 11.5 Å². The monoisotopic (exact) mass is 431 g/mol. The van der Waals surface area contributed by atoms with E-state index >= 15 is 0 Å². The highest BCUT2D eigenvalue weighted by atomic mass is 16.5. The summed E-state index contributed by atoms with van der Waals surface area (Å²) in [6, 6.07) is 20.3. The third kappa shape index (κ3) is 5.44. The van der Waals surface area contributed by atoms with Crippen molar-refractivity contribution in [2.24, 2.45) is 0 Å². The van der Waals surface area contributed by atoms with Crippen LogP contribution in [0.15, 0.2) is 79.1 Å². The number of pyridine rings is 1. The molecule has 7 nitrogen and oxygen atoms in total. The van der Waals surface area contributed by atoms with Crippen molar-refractivity contribution in [1.82, 2.24) is 9.38 Å². The van der Waals surface area contributed by atoms with Crippen LogP contribution in [0.3, 0.4) is 0 Å². The van der Waals surface area contributed by atoms with Crippen LogP contribution in [0.2, 0.25) is 0 Å². The summed E-state index contributed by atoms with van der Waals surface area (Å²) < 4.78 is 18.8. The Morgan fingerprint density at radius 3 is 2.75 bits per heavy atom. The molecule has 2 aromatic heterocycles. The third-order valence-corrected chi connectivity index (χ3v) is 4.71. The predicted molar refractivity (Wildman–Crippen MR) is 122 cm³/mol. The van der Waals surface area contributed by atoms with Gasteiger partial charge in [-0.15, -0.1) is 0 Å². The van der Waals surface area contributed by atoms with E-state index in [2.05, 4.69) is 10.3 Å². The van der Waals surface area contributed by atoms with Crippen molar-refractivity contribution < 1.29 is 19.0 Å². The molecule has 1 amide bonds. The quantitative estimate of drug-likeness (QED) is 0.372. The second kappa shape index (κ2) is 10.5. The number of aromatic nitrogens is 2. The number of imidazole rings is 1. The number of para-hydroxylation sites is 1. The highest BCUT2D eigenvalue weighted by Gasteiger charge is 2.13. The number of amides is 1. The molecule has 0 atom stereocenters. The minimum Gasteiger partial charge on any atom is -0.490 e. The molecular weight excluding hydrogens is 406 g/mol. The van der Waals surface area contributed by atoms with E-state index in [4.69, 9.17) is 14.2 Å². The maximum Gasteiger partial charge on any atom is 0.259 e. The van der Waals surface area contributed by atoms with E-state index < -0.39 is 0 Å². The van der Waals surface area contributed by atoms with Crippen molar-refractivity contribution in [1.29, 1.82) is 0 Å². The highest BCUT2D eigenvalue weighted by Crippen LogP contribution is 2.22. The molecule has 2 aromatic carbocycles. The summed E-state index contributed by atoms with van der Waals surface area (Å²) in [5.41, 5.74) is 2.78. The Bertz CT molecular complexity index is 1160. The van der Waals surface area contributed by atoms with Crippen molar-refractivity contribution in [3.63, 3.8) is 0 Å². The Hall–Kier alpha value is -3.84. The zero-order valence-corrected chi connectivity index (χ0v) is 17.9. The Kier molecular flexibility index (Phi) is 6.99. The molecule has 0 unspecified atom stereocenters. The summed E-state index contributed by atoms with van der Waals surface area (Å²) in [6.45, 7) is 3.73. The van der Waals surface area contributed by atoms with Gasteiger partial charge >= 0.3 is 0 Å². The van der Waals surface area contributed by atoms with E-state index in [-0.39, 0.29) is 5.91 Å². The van der Waals surface area contributed by atoms with Crippen LogP contribution >= 0.6 is 0 Å². The molecule has 32 heavy (non-hydrogen) atoms. The Morgan fingerprint density at radius 1 is 1.00 bits per heavy atom. The zero-order chi connectivity index (χ0) is 22.2. The molecule has 0 saturated heterocycles. The first-order valence-corrected chi connectivity index (χ1v) is 10.5. The topological polar surface area (TPSA) is 74.1 Å². The number of rotatable bonds is 10. The summed E-state index contributed by atoms with van der Waals surface area (Å²) in [5.74, 6) is 0.902. The molecule has 0 radical (unpaired) electrons. The molecule has 0 fully saturated rings. The molecule has 0 bridgehead atoms. The zero-order valence-electron chi connectivity index (χ0n) is 17.9. The number of benzene rings is 2. The molecule has 0 aliphatic heterocycles. The van der Waals surface area contributed by atoms with E-state index in [9.17, 15) is 4.79 Å². The van der Waals surface area contributed by atoms with Crippen LogP contribution < -0.4 is 14.8 Å². The number of fused-ring (bicyclic) bond motifs is 1. The van der Waals surface area contributed by atoms with Crippen molar-refractivity contribution >= 4 is 17.2 Å². The molecule has 4 aromatic rings. The standard InChI is InChI=1S/C25H25N3O4/c1-2-30-14-15-31-23-11-4-3-10-22(23)25(29)27-19-8-7-9-21(16-19)32-18-20-17-28-13-6-5-12-24(28)26-20/h3-13,16-17H,2,14-15,18H2,1H3,(H,27,29). The first-order chi connectivity index (χ1) is 15.7. The average Bonchev–Trinajstić information content (AvgIpc) is 3.24. The highest BCUT2D eigenvalue weighted by molar-refractivity contribution is 6.06. The maximum atomic E-state index is 12.8. The minimum atomic E-state index is -0.255. The SMILES string of the molecule is CCOCCOc1ccccc1C(=O)Nc1cccc(OCc2cn3ccccc3n2)c1. The number of nitrogens with one attached hydrogen (secondary N) is 1. The van der Waals surface area contributed by atoms with Gasteiger partial charge in [-0.3, -0.25) is 4.79 Å². The van der Waals surface area contributed by atoms with Gasteiger partial charge in [0.2, 0.25) is 0 Å². The van der Waals surface area contributed by atoms with Gasteiger partial charge in [0.25, 0.3) is 5.91 Å². The van der Waals surface area contributed by atoms with Crippen LogP contribution in [0.1, 0.15) is 23.0 Å². The lowest BCUT2D eigenvalue weighted by Gasteiger charge is -2.12. The molecule has 2 heterocycles. The molecule has 1 N–H and O–H groups in total. The van der Waals surface area contributed by atoms with Crippen LogP contribution in [-0.4, -0.2) is 35.1 Å². The van der Waals surface area contributed by atoms with E-state index in [1.165, 1.54) is 0 Å². The molecule has 0 aliphatic carbocycles. The van der Waals surface area contributed by atoms with E-state index in [1.807, 2.05) is 66.2 Å². The van der Waals surface area contributed by atoms with E-state index in [0.29, 0.717) is 49.2 Å². The van der Waals surface area contributed by atoms with Crippen LogP contribution in [0.4, 0.5) is 5.69 Å². The second-order valence-corrected chi connectivity index (χ2v) is 7.01. The molecular formula is C25H25N3O4. The lowest BCUT2D eigenvalue weighted by Crippen LogP contribution is -2.15. The van der Waals surface area contributed by atoms with Gasteiger partial charge in [0.15, 0.2) is 0 Å². The Morgan fingerprint density at radius 2 is 1.88 bits per heavy atom. The van der Waals surface area contributed by atoms with Crippen LogP contribution in [0, 0.1) is 0 Å². The fourth-order valence-corrected chi connectivity index (χ4v) is 3.21. The average molecular weight is 431 g/mol. The summed E-state index contributed by atoms with van der Waals surface area (Å²) in [5, 5.41) is 2.91. The van der Waals surface area contributed by atoms with Crippen LogP contribution in [0.25, 0.3) is 5.65 Å². The Balaban J connectivity index is 1.39. The smallest absolute Gasteiger partial charge is 0.259 e. The first-order valence-electron chi connectivity index (χ1n) is 10.5. The molecule has 0 aliphatic rings. The largest absolute Gasteiger partial charge is 0.490 e. The predicted octanol–water partition coefficient (Wildman–Crippen LogP) is 4.58. The lowest BCUT2D eigenvalue weighted by molar-refractivity contribution is 0.0998. The molecule has 164 valence electrons. The fraction of sp³-hybridized carbons (Fsp3) is 0.200. The van der Waals surface area contributed by atoms with Crippen molar-refractivity contribution in [2.75, 3.05) is 25.1 Å². The van der Waals surface area contributed by atoms with Gasteiger partial charge in [0.1, 0.15) is 30.4 Å². The molecule has 0 spiro atoms. The minimum absolute atomic E-state index is 0.255. The number of nitrogens with zero attached hydrogens (tertiary/aromatic N) is 2. The first kappa shape index (κ1) is 21.4. The van der Waals surface area contributed by atoms with Gasteiger partial charge in [0, 0.05) is 30.8 Å². The summed E-state index contributed by atoms with van der Waals surface area (Å²) in [6.07, 6.45) is 3.88. The van der Waals surface area contributed by atoms with Gasteiger partial charge < -0.3 is 23.9 Å². The van der Waals surface area contributed by atoms with Gasteiger partial charge in [-0.2, -0.15) is 0 Å². The molecule has 0 saturated carbocycles. The van der Waals surface area contributed by atoms with Crippen molar-refractivity contribution in [3.05, 3.63) is 90.4 Å². The summed E-state index contributed by atoms with van der Waals surface area (Å²) in [4.78, 5) is 17.4.